The number of carbonyl (C=O) groups is 1. The van der Waals surface area contributed by atoms with E-state index >= 15 is 0 Å². The SMILES string of the molecule is CC(C)(C)CC(=O)/C=C/CN1CCC(C)(F)CC1. The molecule has 0 radical (unpaired) electrons. The van der Waals surface area contributed by atoms with Crippen LogP contribution in [0.15, 0.2) is 12.2 Å². The highest BCUT2D eigenvalue weighted by Gasteiger charge is 2.28. The highest BCUT2D eigenvalue weighted by molar-refractivity contribution is 5.90. The zero-order valence-corrected chi connectivity index (χ0v) is 12.1. The van der Waals surface area contributed by atoms with Crippen LogP contribution in [0.5, 0.6) is 0 Å². The minimum absolute atomic E-state index is 0.0442. The molecule has 0 bridgehead atoms. The molecule has 3 heteroatoms. The van der Waals surface area contributed by atoms with Crippen molar-refractivity contribution in [3.8, 4) is 0 Å². The Morgan fingerprint density at radius 1 is 1.33 bits per heavy atom. The summed E-state index contributed by atoms with van der Waals surface area (Å²) in [5, 5.41) is 0. The Morgan fingerprint density at radius 3 is 2.39 bits per heavy atom. The first-order chi connectivity index (χ1) is 8.18. The lowest BCUT2D eigenvalue weighted by Crippen LogP contribution is -2.40. The number of hydrogen-bond donors (Lipinski definition) is 0. The molecule has 1 saturated heterocycles. The molecule has 1 fully saturated rings. The summed E-state index contributed by atoms with van der Waals surface area (Å²) in [7, 11) is 0. The van der Waals surface area contributed by atoms with Crippen molar-refractivity contribution in [3.63, 3.8) is 0 Å². The van der Waals surface area contributed by atoms with E-state index in [0.29, 0.717) is 19.3 Å². The number of carbonyl (C=O) groups excluding carboxylic acids is 1. The average Bonchev–Trinajstić information content (AvgIpc) is 2.18. The van der Waals surface area contributed by atoms with Crippen LogP contribution < -0.4 is 0 Å². The van der Waals surface area contributed by atoms with Crippen LogP contribution in [0.4, 0.5) is 4.39 Å². The Morgan fingerprint density at radius 2 is 1.89 bits per heavy atom. The molecule has 1 rings (SSSR count). The number of piperidine rings is 1. The molecular formula is C15H26FNO. The minimum atomic E-state index is -0.998. The second-order valence-electron chi connectivity index (χ2n) is 6.82. The standard InChI is InChI=1S/C15H26FNO/c1-14(2,3)12-13(18)6-5-9-17-10-7-15(4,16)8-11-17/h5-6H,7-12H2,1-4H3/b6-5+. The number of ketones is 1. The van der Waals surface area contributed by atoms with Crippen LogP contribution in [0.2, 0.25) is 0 Å². The zero-order valence-electron chi connectivity index (χ0n) is 12.1. The first-order valence-electron chi connectivity index (χ1n) is 6.79. The summed E-state index contributed by atoms with van der Waals surface area (Å²) in [4.78, 5) is 13.8. The van der Waals surface area contributed by atoms with Gasteiger partial charge in [0, 0.05) is 26.1 Å². The largest absolute Gasteiger partial charge is 0.299 e. The van der Waals surface area contributed by atoms with Gasteiger partial charge in [0.1, 0.15) is 5.67 Å². The van der Waals surface area contributed by atoms with Gasteiger partial charge in [-0.3, -0.25) is 9.69 Å². The molecule has 2 nitrogen and oxygen atoms in total. The molecule has 0 aromatic rings. The van der Waals surface area contributed by atoms with Crippen LogP contribution in [-0.4, -0.2) is 36.0 Å². The fourth-order valence-corrected chi connectivity index (χ4v) is 2.12. The number of rotatable bonds is 4. The monoisotopic (exact) mass is 255 g/mol. The van der Waals surface area contributed by atoms with Gasteiger partial charge in [-0.2, -0.15) is 0 Å². The number of hydrogen-bond acceptors (Lipinski definition) is 2. The second-order valence-corrected chi connectivity index (χ2v) is 6.82. The highest BCUT2D eigenvalue weighted by atomic mass is 19.1. The van der Waals surface area contributed by atoms with Gasteiger partial charge in [-0.15, -0.1) is 0 Å². The molecule has 1 heterocycles. The molecule has 0 atom stereocenters. The van der Waals surface area contributed by atoms with Gasteiger partial charge in [-0.25, -0.2) is 4.39 Å². The van der Waals surface area contributed by atoms with Crippen LogP contribution in [0.25, 0.3) is 0 Å². The lowest BCUT2D eigenvalue weighted by atomic mass is 9.90. The molecule has 0 aromatic carbocycles. The summed E-state index contributed by atoms with van der Waals surface area (Å²) in [6.07, 6.45) is 5.35. The third-order valence-corrected chi connectivity index (χ3v) is 3.27. The molecule has 1 aliphatic rings. The Labute approximate surface area is 110 Å². The molecule has 1 aliphatic heterocycles. The van der Waals surface area contributed by atoms with Crippen molar-refractivity contribution in [3.05, 3.63) is 12.2 Å². The van der Waals surface area contributed by atoms with Gasteiger partial charge in [0.05, 0.1) is 0 Å². The van der Waals surface area contributed by atoms with E-state index in [1.807, 2.05) is 6.08 Å². The second kappa shape index (κ2) is 5.96. The predicted molar refractivity (Wildman–Crippen MR) is 73.4 cm³/mol. The van der Waals surface area contributed by atoms with E-state index in [1.54, 1.807) is 13.0 Å². The van der Waals surface area contributed by atoms with E-state index in [9.17, 15) is 9.18 Å². The highest BCUT2D eigenvalue weighted by Crippen LogP contribution is 2.25. The maximum Gasteiger partial charge on any atom is 0.155 e. The molecule has 0 amide bonds. The molecular weight excluding hydrogens is 229 g/mol. The van der Waals surface area contributed by atoms with E-state index in [0.717, 1.165) is 19.6 Å². The topological polar surface area (TPSA) is 20.3 Å². The molecule has 104 valence electrons. The van der Waals surface area contributed by atoms with Gasteiger partial charge >= 0.3 is 0 Å². The molecule has 0 aromatic heterocycles. The zero-order chi connectivity index (χ0) is 13.8. The third-order valence-electron chi connectivity index (χ3n) is 3.27. The lowest BCUT2D eigenvalue weighted by molar-refractivity contribution is -0.116. The number of allylic oxidation sites excluding steroid dienone is 1. The van der Waals surface area contributed by atoms with E-state index in [2.05, 4.69) is 25.7 Å². The van der Waals surface area contributed by atoms with Crippen molar-refractivity contribution in [2.24, 2.45) is 5.41 Å². The predicted octanol–water partition coefficient (Wildman–Crippen LogP) is 3.37. The summed E-state index contributed by atoms with van der Waals surface area (Å²) >= 11 is 0. The quantitative estimate of drug-likeness (QED) is 0.718. The molecule has 0 aliphatic carbocycles. The van der Waals surface area contributed by atoms with Crippen LogP contribution in [0.1, 0.15) is 47.0 Å². The summed E-state index contributed by atoms with van der Waals surface area (Å²) in [6, 6.07) is 0. The summed E-state index contributed by atoms with van der Waals surface area (Å²) in [5.74, 6) is 0.176. The van der Waals surface area contributed by atoms with Crippen molar-refractivity contribution in [1.82, 2.24) is 4.90 Å². The van der Waals surface area contributed by atoms with Gasteiger partial charge < -0.3 is 0 Å². The first-order valence-corrected chi connectivity index (χ1v) is 6.79. The molecule has 18 heavy (non-hydrogen) atoms. The molecule has 0 spiro atoms. The third kappa shape index (κ3) is 6.29. The fourth-order valence-electron chi connectivity index (χ4n) is 2.12. The van der Waals surface area contributed by atoms with Crippen molar-refractivity contribution in [2.75, 3.05) is 19.6 Å². The van der Waals surface area contributed by atoms with E-state index in [1.165, 1.54) is 0 Å². The Hall–Kier alpha value is -0.700. The van der Waals surface area contributed by atoms with E-state index < -0.39 is 5.67 Å². The van der Waals surface area contributed by atoms with Gasteiger partial charge in [-0.1, -0.05) is 26.8 Å². The van der Waals surface area contributed by atoms with Crippen molar-refractivity contribution < 1.29 is 9.18 Å². The van der Waals surface area contributed by atoms with Gasteiger partial charge in [0.25, 0.3) is 0 Å². The Kier molecular flexibility index (Phi) is 5.09. The maximum absolute atomic E-state index is 13.6. The van der Waals surface area contributed by atoms with Gasteiger partial charge in [0.2, 0.25) is 0 Å². The number of halogens is 1. The minimum Gasteiger partial charge on any atom is -0.299 e. The molecule has 0 saturated carbocycles. The normalized spacial score (nSPS) is 21.4. The number of nitrogens with zero attached hydrogens (tertiary/aromatic N) is 1. The van der Waals surface area contributed by atoms with Crippen molar-refractivity contribution >= 4 is 5.78 Å². The first kappa shape index (κ1) is 15.4. The van der Waals surface area contributed by atoms with E-state index in [-0.39, 0.29) is 11.2 Å². The Bertz CT molecular complexity index is 305. The number of alkyl halides is 1. The van der Waals surface area contributed by atoms with Crippen LogP contribution in [0, 0.1) is 5.41 Å². The van der Waals surface area contributed by atoms with Crippen LogP contribution in [-0.2, 0) is 4.79 Å². The van der Waals surface area contributed by atoms with Crippen LogP contribution in [0.3, 0.4) is 0 Å². The van der Waals surface area contributed by atoms with Crippen LogP contribution >= 0.6 is 0 Å². The number of likely N-dealkylation sites (tertiary alicyclic amines) is 1. The van der Waals surface area contributed by atoms with Gasteiger partial charge in [-0.05, 0) is 31.3 Å². The summed E-state index contributed by atoms with van der Waals surface area (Å²) in [6.45, 7) is 10.2. The Balaban J connectivity index is 2.27. The van der Waals surface area contributed by atoms with Crippen molar-refractivity contribution in [2.45, 2.75) is 52.6 Å². The van der Waals surface area contributed by atoms with E-state index in [4.69, 9.17) is 0 Å². The smallest absolute Gasteiger partial charge is 0.155 e. The summed E-state index contributed by atoms with van der Waals surface area (Å²) in [5.41, 5.74) is -0.954. The molecule has 0 unspecified atom stereocenters. The average molecular weight is 255 g/mol. The maximum atomic E-state index is 13.6. The van der Waals surface area contributed by atoms with Gasteiger partial charge in [0.15, 0.2) is 5.78 Å². The lowest BCUT2D eigenvalue weighted by Gasteiger charge is -2.33. The van der Waals surface area contributed by atoms with Crippen molar-refractivity contribution in [1.29, 1.82) is 0 Å². The molecule has 0 N–H and O–H groups in total. The summed E-state index contributed by atoms with van der Waals surface area (Å²) < 4.78 is 13.6. The fraction of sp³-hybridized carbons (Fsp3) is 0.800.